The van der Waals surface area contributed by atoms with E-state index >= 15 is 0 Å². The van der Waals surface area contributed by atoms with E-state index in [-0.39, 0.29) is 11.3 Å². The van der Waals surface area contributed by atoms with Crippen LogP contribution in [0.4, 0.5) is 11.4 Å². The zero-order chi connectivity index (χ0) is 16.3. The minimum atomic E-state index is -0.598. The Labute approximate surface area is 131 Å². The molecule has 0 aliphatic rings. The summed E-state index contributed by atoms with van der Waals surface area (Å²) in [5, 5.41) is 14.1. The lowest BCUT2D eigenvalue weighted by atomic mass is 10.1. The van der Waals surface area contributed by atoms with Crippen molar-refractivity contribution in [2.24, 2.45) is 0 Å². The summed E-state index contributed by atoms with van der Waals surface area (Å²) in [6.45, 7) is 1.78. The maximum Gasteiger partial charge on any atom is 0.282 e. The summed E-state index contributed by atoms with van der Waals surface area (Å²) in [5.41, 5.74) is 0.861. The van der Waals surface area contributed by atoms with Crippen molar-refractivity contribution in [3.05, 3.63) is 62.7 Å². The Kier molecular flexibility index (Phi) is 4.62. The number of benzene rings is 2. The molecule has 114 valence electrons. The predicted molar refractivity (Wildman–Crippen MR) is 83.8 cm³/mol. The zero-order valence-electron chi connectivity index (χ0n) is 11.9. The van der Waals surface area contributed by atoms with Gasteiger partial charge in [-0.25, -0.2) is 0 Å². The Morgan fingerprint density at radius 3 is 2.64 bits per heavy atom. The van der Waals surface area contributed by atoms with E-state index in [4.69, 9.17) is 16.3 Å². The number of carbonyl (C=O) groups is 1. The summed E-state index contributed by atoms with van der Waals surface area (Å²) in [5.74, 6) is -0.213. The van der Waals surface area contributed by atoms with Gasteiger partial charge in [-0.2, -0.15) is 0 Å². The van der Waals surface area contributed by atoms with Gasteiger partial charge in [-0.3, -0.25) is 14.9 Å². The molecule has 0 spiro atoms. The molecule has 7 heteroatoms. The molecule has 0 unspecified atom stereocenters. The first-order valence-corrected chi connectivity index (χ1v) is 6.70. The first-order chi connectivity index (χ1) is 10.4. The van der Waals surface area contributed by atoms with Crippen LogP contribution in [0.2, 0.25) is 5.02 Å². The fourth-order valence-electron chi connectivity index (χ4n) is 1.94. The lowest BCUT2D eigenvalue weighted by molar-refractivity contribution is -0.385. The molecule has 0 bridgehead atoms. The standard InChI is InChI=1S/C15H13ClN2O4/c1-9-7-12(14(22-2)8-11(9)16)17-15(19)10-5-3-4-6-13(10)18(20)21/h3-8H,1-2H3,(H,17,19). The molecule has 0 aliphatic carbocycles. The van der Waals surface area contributed by atoms with Crippen molar-refractivity contribution in [2.45, 2.75) is 6.92 Å². The van der Waals surface area contributed by atoms with E-state index in [1.54, 1.807) is 25.1 Å². The van der Waals surface area contributed by atoms with Crippen LogP contribution in [0.15, 0.2) is 36.4 Å². The van der Waals surface area contributed by atoms with Crippen LogP contribution in [-0.4, -0.2) is 17.9 Å². The summed E-state index contributed by atoms with van der Waals surface area (Å²) in [7, 11) is 1.45. The number of nitrogens with one attached hydrogen (secondary N) is 1. The second-order valence-corrected chi connectivity index (χ2v) is 4.94. The number of methoxy groups -OCH3 is 1. The molecule has 1 amide bonds. The highest BCUT2D eigenvalue weighted by Crippen LogP contribution is 2.31. The van der Waals surface area contributed by atoms with Crippen LogP contribution in [0.5, 0.6) is 5.75 Å². The number of carbonyl (C=O) groups excluding carboxylic acids is 1. The molecule has 6 nitrogen and oxygen atoms in total. The molecule has 0 aromatic heterocycles. The number of halogens is 1. The number of rotatable bonds is 4. The van der Waals surface area contributed by atoms with Gasteiger partial charge in [0.2, 0.25) is 0 Å². The molecule has 0 radical (unpaired) electrons. The van der Waals surface area contributed by atoms with Crippen LogP contribution in [0.3, 0.4) is 0 Å². The van der Waals surface area contributed by atoms with Gasteiger partial charge in [-0.05, 0) is 24.6 Å². The Morgan fingerprint density at radius 2 is 2.00 bits per heavy atom. The van der Waals surface area contributed by atoms with Crippen molar-refractivity contribution in [2.75, 3.05) is 12.4 Å². The maximum absolute atomic E-state index is 12.3. The van der Waals surface area contributed by atoms with E-state index in [0.717, 1.165) is 5.56 Å². The quantitative estimate of drug-likeness (QED) is 0.686. The SMILES string of the molecule is COc1cc(Cl)c(C)cc1NC(=O)c1ccccc1[N+](=O)[O-]. The third kappa shape index (κ3) is 3.17. The number of hydrogen-bond acceptors (Lipinski definition) is 4. The van der Waals surface area contributed by atoms with E-state index in [1.165, 1.54) is 25.3 Å². The monoisotopic (exact) mass is 320 g/mol. The average molecular weight is 321 g/mol. The fourth-order valence-corrected chi connectivity index (χ4v) is 2.10. The van der Waals surface area contributed by atoms with Gasteiger partial charge < -0.3 is 10.1 Å². The molecular formula is C15H13ClN2O4. The molecule has 1 N–H and O–H groups in total. The van der Waals surface area contributed by atoms with Crippen molar-refractivity contribution in [3.8, 4) is 5.75 Å². The van der Waals surface area contributed by atoms with Crippen molar-refractivity contribution < 1.29 is 14.5 Å². The second-order valence-electron chi connectivity index (χ2n) is 4.53. The van der Waals surface area contributed by atoms with Gasteiger partial charge in [-0.1, -0.05) is 23.7 Å². The minimum absolute atomic E-state index is 0.0258. The van der Waals surface area contributed by atoms with Crippen molar-refractivity contribution in [1.82, 2.24) is 0 Å². The molecular weight excluding hydrogens is 308 g/mol. The van der Waals surface area contributed by atoms with Gasteiger partial charge >= 0.3 is 0 Å². The van der Waals surface area contributed by atoms with Crippen LogP contribution >= 0.6 is 11.6 Å². The minimum Gasteiger partial charge on any atom is -0.495 e. The van der Waals surface area contributed by atoms with E-state index in [1.807, 2.05) is 0 Å². The maximum atomic E-state index is 12.3. The van der Waals surface area contributed by atoms with Crippen molar-refractivity contribution >= 4 is 28.9 Å². The van der Waals surface area contributed by atoms with Crippen LogP contribution in [0.1, 0.15) is 15.9 Å². The van der Waals surface area contributed by atoms with Crippen LogP contribution in [0, 0.1) is 17.0 Å². The van der Waals surface area contributed by atoms with E-state index < -0.39 is 10.8 Å². The van der Waals surface area contributed by atoms with Crippen molar-refractivity contribution in [3.63, 3.8) is 0 Å². The summed E-state index contributed by atoms with van der Waals surface area (Å²) in [6.07, 6.45) is 0. The number of para-hydroxylation sites is 1. The first-order valence-electron chi connectivity index (χ1n) is 6.33. The van der Waals surface area contributed by atoms with E-state index in [2.05, 4.69) is 5.32 Å². The molecule has 2 rings (SSSR count). The fraction of sp³-hybridized carbons (Fsp3) is 0.133. The Hall–Kier alpha value is -2.60. The van der Waals surface area contributed by atoms with Crippen LogP contribution < -0.4 is 10.1 Å². The molecule has 0 aliphatic heterocycles. The first kappa shape index (κ1) is 15.8. The number of aryl methyl sites for hydroxylation is 1. The Morgan fingerprint density at radius 1 is 1.32 bits per heavy atom. The molecule has 0 fully saturated rings. The van der Waals surface area contributed by atoms with Gasteiger partial charge in [0.15, 0.2) is 0 Å². The van der Waals surface area contributed by atoms with Gasteiger partial charge in [-0.15, -0.1) is 0 Å². The van der Waals surface area contributed by atoms with Crippen LogP contribution in [0.25, 0.3) is 0 Å². The van der Waals surface area contributed by atoms with Gasteiger partial charge in [0.1, 0.15) is 11.3 Å². The second kappa shape index (κ2) is 6.44. The molecule has 22 heavy (non-hydrogen) atoms. The third-order valence-corrected chi connectivity index (χ3v) is 3.48. The number of anilines is 1. The molecule has 2 aromatic carbocycles. The van der Waals surface area contributed by atoms with E-state index in [9.17, 15) is 14.9 Å². The van der Waals surface area contributed by atoms with Gasteiger partial charge in [0.25, 0.3) is 11.6 Å². The smallest absolute Gasteiger partial charge is 0.282 e. The number of ether oxygens (including phenoxy) is 1. The normalized spacial score (nSPS) is 10.1. The Balaban J connectivity index is 2.38. The number of nitrogens with zero attached hydrogens (tertiary/aromatic N) is 1. The molecule has 0 saturated heterocycles. The topological polar surface area (TPSA) is 81.5 Å². The predicted octanol–water partition coefficient (Wildman–Crippen LogP) is 3.82. The lowest BCUT2D eigenvalue weighted by Crippen LogP contribution is -2.14. The average Bonchev–Trinajstić information content (AvgIpc) is 2.50. The number of nitro groups is 1. The molecule has 0 saturated carbocycles. The molecule has 2 aromatic rings. The van der Waals surface area contributed by atoms with E-state index in [0.29, 0.717) is 16.5 Å². The zero-order valence-corrected chi connectivity index (χ0v) is 12.7. The number of amides is 1. The highest BCUT2D eigenvalue weighted by Gasteiger charge is 2.20. The summed E-state index contributed by atoms with van der Waals surface area (Å²) in [4.78, 5) is 22.7. The third-order valence-electron chi connectivity index (χ3n) is 3.07. The van der Waals surface area contributed by atoms with Crippen molar-refractivity contribution in [1.29, 1.82) is 0 Å². The highest BCUT2D eigenvalue weighted by atomic mass is 35.5. The Bertz CT molecular complexity index is 746. The number of hydrogen-bond donors (Lipinski definition) is 1. The summed E-state index contributed by atoms with van der Waals surface area (Å²) >= 11 is 6.00. The summed E-state index contributed by atoms with van der Waals surface area (Å²) < 4.78 is 5.16. The highest BCUT2D eigenvalue weighted by molar-refractivity contribution is 6.31. The summed E-state index contributed by atoms with van der Waals surface area (Å²) in [6, 6.07) is 8.95. The van der Waals surface area contributed by atoms with Gasteiger partial charge in [0.05, 0.1) is 17.7 Å². The lowest BCUT2D eigenvalue weighted by Gasteiger charge is -2.12. The molecule has 0 atom stereocenters. The largest absolute Gasteiger partial charge is 0.495 e. The van der Waals surface area contributed by atoms with Crippen LogP contribution in [-0.2, 0) is 0 Å². The number of nitro benzene ring substituents is 1. The van der Waals surface area contributed by atoms with Gasteiger partial charge in [0, 0.05) is 17.2 Å². The molecule has 0 heterocycles.